The monoisotopic (exact) mass is 312 g/mol. The van der Waals surface area contributed by atoms with Crippen LogP contribution in [0.15, 0.2) is 0 Å². The second kappa shape index (κ2) is 7.24. The summed E-state index contributed by atoms with van der Waals surface area (Å²) >= 11 is 0. The van der Waals surface area contributed by atoms with E-state index in [-0.39, 0.29) is 37.8 Å². The molecule has 0 spiro atoms. The van der Waals surface area contributed by atoms with E-state index < -0.39 is 17.7 Å². The van der Waals surface area contributed by atoms with Gasteiger partial charge in [-0.2, -0.15) is 0 Å². The van der Waals surface area contributed by atoms with E-state index in [0.717, 1.165) is 0 Å². The van der Waals surface area contributed by atoms with E-state index in [0.29, 0.717) is 6.54 Å². The van der Waals surface area contributed by atoms with E-state index in [1.165, 1.54) is 9.80 Å². The van der Waals surface area contributed by atoms with Crippen molar-refractivity contribution in [2.45, 2.75) is 39.7 Å². The van der Waals surface area contributed by atoms with Crippen molar-refractivity contribution in [3.05, 3.63) is 0 Å². The molecule has 1 rings (SSSR count). The Balaban J connectivity index is 2.70. The second-order valence-electron chi connectivity index (χ2n) is 5.88. The molecule has 0 aromatic heterocycles. The molecule has 8 heteroatoms. The van der Waals surface area contributed by atoms with Crippen molar-refractivity contribution in [1.29, 1.82) is 10.8 Å². The summed E-state index contributed by atoms with van der Waals surface area (Å²) in [5.41, 5.74) is -0.589. The van der Waals surface area contributed by atoms with Crippen LogP contribution < -0.4 is 0 Å². The minimum atomic E-state index is -0.766. The van der Waals surface area contributed by atoms with E-state index in [4.69, 9.17) is 20.3 Å². The number of nitrogens with zero attached hydrogens (tertiary/aromatic N) is 2. The van der Waals surface area contributed by atoms with E-state index in [1.807, 2.05) is 0 Å². The topological polar surface area (TPSA) is 107 Å². The summed E-state index contributed by atoms with van der Waals surface area (Å²) in [5.74, 6) is -1.03. The van der Waals surface area contributed by atoms with Crippen molar-refractivity contribution in [2.24, 2.45) is 0 Å². The van der Waals surface area contributed by atoms with Crippen LogP contribution in [-0.2, 0) is 14.3 Å². The molecule has 1 amide bonds. The highest BCUT2D eigenvalue weighted by molar-refractivity contribution is 6.36. The van der Waals surface area contributed by atoms with Crippen LogP contribution in [0, 0.1) is 10.8 Å². The fourth-order valence-electron chi connectivity index (χ4n) is 1.91. The molecule has 1 aliphatic heterocycles. The van der Waals surface area contributed by atoms with Gasteiger partial charge in [-0.05, 0) is 27.7 Å². The molecule has 0 bridgehead atoms. The summed E-state index contributed by atoms with van der Waals surface area (Å²) in [6, 6.07) is 0. The molecule has 1 fully saturated rings. The van der Waals surface area contributed by atoms with Gasteiger partial charge in [0.2, 0.25) is 5.84 Å². The molecule has 124 valence electrons. The van der Waals surface area contributed by atoms with E-state index in [1.54, 1.807) is 27.7 Å². The lowest BCUT2D eigenvalue weighted by Crippen LogP contribution is -2.43. The standard InChI is InChI=1S/C14H24N4O4/c1-5-21-12(19)11(16)18-9-8-17(7-6-10(18)15)13(20)22-14(2,3)4/h15-16H,5-9H2,1-4H3. The zero-order valence-electron chi connectivity index (χ0n) is 13.6. The Morgan fingerprint density at radius 2 is 1.86 bits per heavy atom. The minimum Gasteiger partial charge on any atom is -0.460 e. The van der Waals surface area contributed by atoms with Crippen molar-refractivity contribution < 1.29 is 19.1 Å². The van der Waals surface area contributed by atoms with Gasteiger partial charge in [0.25, 0.3) is 0 Å². The van der Waals surface area contributed by atoms with Gasteiger partial charge in [0.05, 0.1) is 6.61 Å². The van der Waals surface area contributed by atoms with E-state index in [9.17, 15) is 9.59 Å². The van der Waals surface area contributed by atoms with E-state index >= 15 is 0 Å². The number of esters is 1. The Hall–Kier alpha value is -2.12. The Morgan fingerprint density at radius 1 is 1.23 bits per heavy atom. The van der Waals surface area contributed by atoms with Crippen molar-refractivity contribution in [3.8, 4) is 0 Å². The molecular formula is C14H24N4O4. The van der Waals surface area contributed by atoms with Crippen molar-refractivity contribution >= 4 is 23.7 Å². The lowest BCUT2D eigenvalue weighted by Gasteiger charge is -2.26. The lowest BCUT2D eigenvalue weighted by atomic mass is 10.2. The summed E-state index contributed by atoms with van der Waals surface area (Å²) in [7, 11) is 0. The first-order valence-corrected chi connectivity index (χ1v) is 7.24. The van der Waals surface area contributed by atoms with Crippen LogP contribution in [-0.4, -0.2) is 65.4 Å². The van der Waals surface area contributed by atoms with Gasteiger partial charge in [0, 0.05) is 26.1 Å². The summed E-state index contributed by atoms with van der Waals surface area (Å²) in [4.78, 5) is 26.4. The first-order chi connectivity index (χ1) is 10.2. The van der Waals surface area contributed by atoms with Crippen LogP contribution in [0.25, 0.3) is 0 Å². The van der Waals surface area contributed by atoms with Gasteiger partial charge >= 0.3 is 12.1 Å². The van der Waals surface area contributed by atoms with Crippen molar-refractivity contribution in [3.63, 3.8) is 0 Å². The molecule has 0 aliphatic carbocycles. The molecule has 8 nitrogen and oxygen atoms in total. The number of carbonyl (C=O) groups is 2. The minimum absolute atomic E-state index is 0.115. The largest absolute Gasteiger partial charge is 0.460 e. The van der Waals surface area contributed by atoms with Crippen LogP contribution in [0.4, 0.5) is 4.79 Å². The first kappa shape index (κ1) is 17.9. The smallest absolute Gasteiger partial charge is 0.410 e. The Kier molecular flexibility index (Phi) is 5.90. The number of rotatable bonds is 1. The predicted octanol–water partition coefficient (Wildman–Crippen LogP) is 1.45. The average Bonchev–Trinajstić information content (AvgIpc) is 2.58. The maximum Gasteiger partial charge on any atom is 0.410 e. The van der Waals surface area contributed by atoms with Gasteiger partial charge in [-0.15, -0.1) is 0 Å². The summed E-state index contributed by atoms with van der Waals surface area (Å²) < 4.78 is 10.1. The molecule has 0 aromatic rings. The number of amidine groups is 2. The summed E-state index contributed by atoms with van der Waals surface area (Å²) in [5, 5.41) is 15.8. The van der Waals surface area contributed by atoms with Gasteiger partial charge < -0.3 is 19.3 Å². The molecule has 0 radical (unpaired) electrons. The first-order valence-electron chi connectivity index (χ1n) is 7.24. The Morgan fingerprint density at radius 3 is 2.41 bits per heavy atom. The third-order valence-electron chi connectivity index (χ3n) is 2.93. The van der Waals surface area contributed by atoms with Gasteiger partial charge in [-0.1, -0.05) is 0 Å². The molecule has 0 unspecified atom stereocenters. The quantitative estimate of drug-likeness (QED) is 0.433. The highest BCUT2D eigenvalue weighted by Gasteiger charge is 2.29. The number of hydrogen-bond donors (Lipinski definition) is 2. The molecule has 1 heterocycles. The maximum absolute atomic E-state index is 12.1. The highest BCUT2D eigenvalue weighted by atomic mass is 16.6. The molecular weight excluding hydrogens is 288 g/mol. The highest BCUT2D eigenvalue weighted by Crippen LogP contribution is 2.13. The van der Waals surface area contributed by atoms with Crippen LogP contribution >= 0.6 is 0 Å². The lowest BCUT2D eigenvalue weighted by molar-refractivity contribution is -0.135. The summed E-state index contributed by atoms with van der Waals surface area (Å²) in [6.07, 6.45) is -0.203. The van der Waals surface area contributed by atoms with Crippen LogP contribution in [0.1, 0.15) is 34.1 Å². The molecule has 1 aliphatic rings. The van der Waals surface area contributed by atoms with Crippen molar-refractivity contribution in [2.75, 3.05) is 26.2 Å². The molecule has 0 saturated carbocycles. The maximum atomic E-state index is 12.1. The van der Waals surface area contributed by atoms with Gasteiger partial charge in [0.15, 0.2) is 0 Å². The third-order valence-corrected chi connectivity index (χ3v) is 2.93. The van der Waals surface area contributed by atoms with Crippen LogP contribution in [0.3, 0.4) is 0 Å². The number of amides is 1. The Labute approximate surface area is 130 Å². The molecule has 22 heavy (non-hydrogen) atoms. The average molecular weight is 312 g/mol. The molecule has 0 atom stereocenters. The molecule has 0 aromatic carbocycles. The number of ether oxygens (including phenoxy) is 2. The Bertz CT molecular complexity index is 470. The second-order valence-corrected chi connectivity index (χ2v) is 5.88. The van der Waals surface area contributed by atoms with Crippen LogP contribution in [0.5, 0.6) is 0 Å². The normalized spacial score (nSPS) is 16.1. The van der Waals surface area contributed by atoms with Crippen LogP contribution in [0.2, 0.25) is 0 Å². The van der Waals surface area contributed by atoms with Gasteiger partial charge in [-0.3, -0.25) is 10.8 Å². The van der Waals surface area contributed by atoms with Gasteiger partial charge in [0.1, 0.15) is 11.4 Å². The SMILES string of the molecule is CCOC(=O)C(=N)N1CCN(C(=O)OC(C)(C)C)CCC1=N. The predicted molar refractivity (Wildman–Crippen MR) is 81.2 cm³/mol. The number of hydrogen-bond acceptors (Lipinski definition) is 6. The zero-order chi connectivity index (χ0) is 16.9. The van der Waals surface area contributed by atoms with E-state index in [2.05, 4.69) is 0 Å². The fraction of sp³-hybridized carbons (Fsp3) is 0.714. The number of carbonyl (C=O) groups excluding carboxylic acids is 2. The van der Waals surface area contributed by atoms with Gasteiger partial charge in [-0.25, -0.2) is 9.59 Å². The molecule has 1 saturated heterocycles. The zero-order valence-corrected chi connectivity index (χ0v) is 13.6. The van der Waals surface area contributed by atoms with Crippen molar-refractivity contribution in [1.82, 2.24) is 9.80 Å². The number of nitrogens with one attached hydrogen (secondary N) is 2. The summed E-state index contributed by atoms with van der Waals surface area (Å²) in [6.45, 7) is 7.97. The fourth-order valence-corrected chi connectivity index (χ4v) is 1.91. The third kappa shape index (κ3) is 5.01. The molecule has 2 N–H and O–H groups in total.